The summed E-state index contributed by atoms with van der Waals surface area (Å²) >= 11 is 0. The van der Waals surface area contributed by atoms with Crippen LogP contribution in [0, 0.1) is 5.92 Å². The second-order valence-corrected chi connectivity index (χ2v) is 6.53. The average molecular weight is 270 g/mol. The quantitative estimate of drug-likeness (QED) is 0.677. The predicted octanol–water partition coefficient (Wildman–Crippen LogP) is 0.422. The highest BCUT2D eigenvalue weighted by molar-refractivity contribution is 5.77. The van der Waals surface area contributed by atoms with E-state index in [-0.39, 0.29) is 18.1 Å². The maximum Gasteiger partial charge on any atom is 0.246 e. The molecular weight excluding hydrogens is 244 g/mol. The summed E-state index contributed by atoms with van der Waals surface area (Å²) in [5.74, 6) is 0.547. The molecule has 0 bridgehead atoms. The third kappa shape index (κ3) is 4.16. The number of nitrogens with one attached hydrogen (secondary N) is 2. The fourth-order valence-corrected chi connectivity index (χ4v) is 2.61. The van der Waals surface area contributed by atoms with Crippen LogP contribution in [0.1, 0.15) is 39.5 Å². The number of carbonyl (C=O) groups excluding carboxylic acids is 1. The van der Waals surface area contributed by atoms with Gasteiger partial charge >= 0.3 is 0 Å². The molecule has 2 aliphatic rings. The van der Waals surface area contributed by atoms with Gasteiger partial charge in [0.25, 0.3) is 0 Å². The van der Waals surface area contributed by atoms with Crippen LogP contribution in [0.15, 0.2) is 0 Å². The molecule has 2 fully saturated rings. The monoisotopic (exact) mass is 270 g/mol. The fraction of sp³-hybridized carbons (Fsp3) is 0.929. The Morgan fingerprint density at radius 3 is 2.58 bits per heavy atom. The Labute approximate surface area is 115 Å². The third-order valence-corrected chi connectivity index (χ3v) is 4.37. The number of carbonyl (C=O) groups is 1. The Hall–Kier alpha value is -0.650. The maximum absolute atomic E-state index is 11.7. The van der Waals surface area contributed by atoms with Gasteiger partial charge in [-0.05, 0) is 38.5 Å². The molecule has 1 saturated heterocycles. The summed E-state index contributed by atoms with van der Waals surface area (Å²) < 4.78 is 5.56. The lowest BCUT2D eigenvalue weighted by atomic mass is 9.79. The molecule has 1 aliphatic heterocycles. The van der Waals surface area contributed by atoms with Gasteiger partial charge in [0.1, 0.15) is 6.61 Å². The van der Waals surface area contributed by atoms with Crippen molar-refractivity contribution in [2.75, 3.05) is 26.2 Å². The van der Waals surface area contributed by atoms with Gasteiger partial charge in [-0.3, -0.25) is 4.79 Å². The maximum atomic E-state index is 11.7. The van der Waals surface area contributed by atoms with Gasteiger partial charge < -0.3 is 20.5 Å². The van der Waals surface area contributed by atoms with Gasteiger partial charge in [-0.1, -0.05) is 6.92 Å². The zero-order valence-electron chi connectivity index (χ0n) is 12.0. The van der Waals surface area contributed by atoms with E-state index in [9.17, 15) is 9.90 Å². The highest BCUT2D eigenvalue weighted by atomic mass is 16.5. The number of aliphatic hydroxyl groups is 1. The topological polar surface area (TPSA) is 70.6 Å². The molecule has 0 spiro atoms. The van der Waals surface area contributed by atoms with Crippen LogP contribution >= 0.6 is 0 Å². The highest BCUT2D eigenvalue weighted by Crippen LogP contribution is 2.31. The summed E-state index contributed by atoms with van der Waals surface area (Å²) in [7, 11) is 0. The lowest BCUT2D eigenvalue weighted by Crippen LogP contribution is -2.59. The first-order chi connectivity index (χ1) is 8.91. The summed E-state index contributed by atoms with van der Waals surface area (Å²) in [4.78, 5) is 11.7. The van der Waals surface area contributed by atoms with E-state index in [1.807, 2.05) is 6.92 Å². The Morgan fingerprint density at radius 1 is 1.42 bits per heavy atom. The van der Waals surface area contributed by atoms with Crippen LogP contribution < -0.4 is 10.6 Å². The molecular formula is C14H26N2O3. The lowest BCUT2D eigenvalue weighted by Gasteiger charge is -2.39. The molecule has 0 radical (unpaired) electrons. The predicted molar refractivity (Wildman–Crippen MR) is 72.8 cm³/mol. The van der Waals surface area contributed by atoms with Gasteiger partial charge in [0, 0.05) is 19.6 Å². The molecule has 110 valence electrons. The molecule has 0 atom stereocenters. The van der Waals surface area contributed by atoms with E-state index in [2.05, 4.69) is 17.6 Å². The van der Waals surface area contributed by atoms with Gasteiger partial charge in [-0.15, -0.1) is 0 Å². The van der Waals surface area contributed by atoms with E-state index in [0.717, 1.165) is 38.8 Å². The Kier molecular flexibility index (Phi) is 4.48. The Bertz CT molecular complexity index is 321. The molecule has 3 N–H and O–H groups in total. The zero-order valence-corrected chi connectivity index (χ0v) is 12.0. The van der Waals surface area contributed by atoms with E-state index in [1.165, 1.54) is 0 Å². The minimum Gasteiger partial charge on any atom is -0.388 e. The molecule has 5 nitrogen and oxygen atoms in total. The number of hydrogen-bond acceptors (Lipinski definition) is 4. The molecule has 19 heavy (non-hydrogen) atoms. The summed E-state index contributed by atoms with van der Waals surface area (Å²) in [6.45, 7) is 6.21. The van der Waals surface area contributed by atoms with Crippen LogP contribution in [0.3, 0.4) is 0 Å². The Balaban J connectivity index is 1.65. The van der Waals surface area contributed by atoms with Crippen molar-refractivity contribution in [1.29, 1.82) is 0 Å². The Morgan fingerprint density at radius 2 is 2.05 bits per heavy atom. The molecule has 0 aromatic rings. The van der Waals surface area contributed by atoms with Gasteiger partial charge in [0.15, 0.2) is 0 Å². The first kappa shape index (κ1) is 14.8. The van der Waals surface area contributed by atoms with Crippen molar-refractivity contribution in [3.8, 4) is 0 Å². The van der Waals surface area contributed by atoms with Crippen molar-refractivity contribution >= 4 is 5.91 Å². The van der Waals surface area contributed by atoms with Crippen LogP contribution in [0.25, 0.3) is 0 Å². The van der Waals surface area contributed by atoms with Crippen molar-refractivity contribution in [2.45, 2.75) is 50.7 Å². The normalized spacial score (nSPS) is 33.5. The largest absolute Gasteiger partial charge is 0.388 e. The van der Waals surface area contributed by atoms with Crippen molar-refractivity contribution in [3.05, 3.63) is 0 Å². The van der Waals surface area contributed by atoms with Crippen LogP contribution in [0.2, 0.25) is 0 Å². The number of hydrogen-bond donors (Lipinski definition) is 3. The lowest BCUT2D eigenvalue weighted by molar-refractivity contribution is -0.137. The molecule has 1 heterocycles. The average Bonchev–Trinajstić information content (AvgIpc) is 2.36. The molecule has 2 rings (SSSR count). The molecule has 1 saturated carbocycles. The van der Waals surface area contributed by atoms with Crippen LogP contribution in [0.4, 0.5) is 0 Å². The molecule has 1 aliphatic carbocycles. The van der Waals surface area contributed by atoms with Gasteiger partial charge in [0.2, 0.25) is 5.91 Å². The summed E-state index contributed by atoms with van der Waals surface area (Å²) in [5.41, 5.74) is -0.918. The minimum atomic E-state index is -0.718. The van der Waals surface area contributed by atoms with E-state index in [4.69, 9.17) is 4.74 Å². The van der Waals surface area contributed by atoms with Crippen molar-refractivity contribution in [1.82, 2.24) is 10.6 Å². The summed E-state index contributed by atoms with van der Waals surface area (Å²) in [6, 6.07) is 0. The van der Waals surface area contributed by atoms with Gasteiger partial charge in [0.05, 0.1) is 11.2 Å². The van der Waals surface area contributed by atoms with E-state index < -0.39 is 5.60 Å². The molecule has 0 aromatic heterocycles. The fourth-order valence-electron chi connectivity index (χ4n) is 2.61. The SMILES string of the molecule is CC1CCC(O)(CNC(=O)COC2(C)CNC2)CC1. The van der Waals surface area contributed by atoms with E-state index in [0.29, 0.717) is 12.5 Å². The smallest absolute Gasteiger partial charge is 0.246 e. The van der Waals surface area contributed by atoms with Crippen LogP contribution in [-0.2, 0) is 9.53 Å². The number of amides is 1. The standard InChI is InChI=1S/C14H26N2O3/c1-11-3-5-14(18,6-4-11)10-16-12(17)7-19-13(2)8-15-9-13/h11,15,18H,3-10H2,1-2H3,(H,16,17). The van der Waals surface area contributed by atoms with Crippen molar-refractivity contribution < 1.29 is 14.6 Å². The van der Waals surface area contributed by atoms with Crippen LogP contribution in [0.5, 0.6) is 0 Å². The third-order valence-electron chi connectivity index (χ3n) is 4.37. The second kappa shape index (κ2) is 5.77. The molecule has 1 amide bonds. The van der Waals surface area contributed by atoms with Crippen LogP contribution in [-0.4, -0.2) is 48.5 Å². The van der Waals surface area contributed by atoms with Crippen molar-refractivity contribution in [3.63, 3.8) is 0 Å². The van der Waals surface area contributed by atoms with Gasteiger partial charge in [-0.25, -0.2) is 0 Å². The summed E-state index contributed by atoms with van der Waals surface area (Å²) in [6.07, 6.45) is 3.62. The minimum absolute atomic E-state index is 0.0741. The summed E-state index contributed by atoms with van der Waals surface area (Å²) in [5, 5.41) is 16.3. The molecule has 0 unspecified atom stereocenters. The number of rotatable bonds is 5. The molecule has 0 aromatic carbocycles. The van der Waals surface area contributed by atoms with Crippen molar-refractivity contribution in [2.24, 2.45) is 5.92 Å². The first-order valence-electron chi connectivity index (χ1n) is 7.25. The second-order valence-electron chi connectivity index (χ2n) is 6.53. The molecule has 5 heteroatoms. The van der Waals surface area contributed by atoms with Gasteiger partial charge in [-0.2, -0.15) is 0 Å². The zero-order chi connectivity index (χ0) is 13.9. The van der Waals surface area contributed by atoms with E-state index >= 15 is 0 Å². The highest BCUT2D eigenvalue weighted by Gasteiger charge is 2.34. The van der Waals surface area contributed by atoms with E-state index in [1.54, 1.807) is 0 Å². The number of ether oxygens (including phenoxy) is 1. The first-order valence-corrected chi connectivity index (χ1v) is 7.25.